The first-order valence-electron chi connectivity index (χ1n) is 7.85. The Balaban J connectivity index is 2.49. The molecule has 0 aromatic heterocycles. The van der Waals surface area contributed by atoms with Crippen LogP contribution in [0.4, 0.5) is 4.79 Å². The van der Waals surface area contributed by atoms with Crippen LogP contribution in [0.25, 0.3) is 0 Å². The fourth-order valence-electron chi connectivity index (χ4n) is 2.23. The highest BCUT2D eigenvalue weighted by molar-refractivity contribution is 9.10. The lowest BCUT2D eigenvalue weighted by Crippen LogP contribution is -2.44. The Labute approximate surface area is 146 Å². The van der Waals surface area contributed by atoms with E-state index >= 15 is 0 Å². The van der Waals surface area contributed by atoms with Crippen molar-refractivity contribution in [2.75, 3.05) is 13.2 Å². The first-order chi connectivity index (χ1) is 10.9. The first kappa shape index (κ1) is 19.5. The molecule has 0 saturated heterocycles. The van der Waals surface area contributed by atoms with E-state index in [0.717, 1.165) is 16.5 Å². The normalized spacial score (nSPS) is 11.9. The van der Waals surface area contributed by atoms with Crippen molar-refractivity contribution in [1.29, 1.82) is 0 Å². The van der Waals surface area contributed by atoms with Crippen LogP contribution in [0.5, 0.6) is 0 Å². The summed E-state index contributed by atoms with van der Waals surface area (Å²) >= 11 is 3.39. The summed E-state index contributed by atoms with van der Waals surface area (Å²) in [5.41, 5.74) is 0.940. The smallest absolute Gasteiger partial charge is 0.407 e. The van der Waals surface area contributed by atoms with Crippen LogP contribution in [-0.2, 0) is 16.0 Å². The SMILES string of the molecule is CCOC(=O)NC(CNC(=O)Cc1cccc(Br)c1)CC(C)C. The average molecular weight is 385 g/mol. The third kappa shape index (κ3) is 8.59. The predicted molar refractivity (Wildman–Crippen MR) is 94.3 cm³/mol. The predicted octanol–water partition coefficient (Wildman–Crippen LogP) is 3.27. The number of alkyl carbamates (subject to hydrolysis) is 1. The summed E-state index contributed by atoms with van der Waals surface area (Å²) < 4.78 is 5.85. The summed E-state index contributed by atoms with van der Waals surface area (Å²) in [7, 11) is 0. The van der Waals surface area contributed by atoms with Gasteiger partial charge in [-0.2, -0.15) is 0 Å². The molecule has 0 aliphatic carbocycles. The zero-order chi connectivity index (χ0) is 17.2. The Morgan fingerprint density at radius 2 is 2.04 bits per heavy atom. The van der Waals surface area contributed by atoms with Gasteiger partial charge in [-0.05, 0) is 37.0 Å². The summed E-state index contributed by atoms with van der Waals surface area (Å²) in [6, 6.07) is 7.51. The van der Waals surface area contributed by atoms with Crippen LogP contribution < -0.4 is 10.6 Å². The second-order valence-corrected chi connectivity index (χ2v) is 6.72. The maximum atomic E-state index is 12.1. The number of carbonyl (C=O) groups excluding carboxylic acids is 2. The molecule has 5 nitrogen and oxygen atoms in total. The molecule has 128 valence electrons. The van der Waals surface area contributed by atoms with Gasteiger partial charge in [-0.1, -0.05) is 41.9 Å². The van der Waals surface area contributed by atoms with Crippen LogP contribution in [0.1, 0.15) is 32.8 Å². The van der Waals surface area contributed by atoms with E-state index in [4.69, 9.17) is 4.74 Å². The lowest BCUT2D eigenvalue weighted by molar-refractivity contribution is -0.120. The van der Waals surface area contributed by atoms with Crippen molar-refractivity contribution in [3.05, 3.63) is 34.3 Å². The molecule has 0 spiro atoms. The summed E-state index contributed by atoms with van der Waals surface area (Å²) in [5.74, 6) is 0.339. The third-order valence-electron chi connectivity index (χ3n) is 3.15. The molecule has 0 bridgehead atoms. The quantitative estimate of drug-likeness (QED) is 0.722. The molecule has 1 atom stereocenters. The van der Waals surface area contributed by atoms with Crippen molar-refractivity contribution in [3.8, 4) is 0 Å². The van der Waals surface area contributed by atoms with E-state index in [-0.39, 0.29) is 11.9 Å². The topological polar surface area (TPSA) is 67.4 Å². The summed E-state index contributed by atoms with van der Waals surface area (Å²) in [5, 5.41) is 5.67. The molecule has 23 heavy (non-hydrogen) atoms. The van der Waals surface area contributed by atoms with Gasteiger partial charge in [0, 0.05) is 17.1 Å². The van der Waals surface area contributed by atoms with Crippen LogP contribution in [-0.4, -0.2) is 31.2 Å². The maximum absolute atomic E-state index is 12.1. The zero-order valence-electron chi connectivity index (χ0n) is 13.9. The van der Waals surface area contributed by atoms with Crippen LogP contribution in [0, 0.1) is 5.92 Å². The van der Waals surface area contributed by atoms with Gasteiger partial charge in [-0.3, -0.25) is 4.79 Å². The summed E-state index contributed by atoms with van der Waals surface area (Å²) in [4.78, 5) is 23.6. The minimum Gasteiger partial charge on any atom is -0.450 e. The number of halogens is 1. The van der Waals surface area contributed by atoms with E-state index in [9.17, 15) is 9.59 Å². The Morgan fingerprint density at radius 3 is 2.65 bits per heavy atom. The molecule has 0 heterocycles. The fourth-order valence-corrected chi connectivity index (χ4v) is 2.68. The van der Waals surface area contributed by atoms with Gasteiger partial charge < -0.3 is 15.4 Å². The highest BCUT2D eigenvalue weighted by Gasteiger charge is 2.16. The fraction of sp³-hybridized carbons (Fsp3) is 0.529. The number of nitrogens with one attached hydrogen (secondary N) is 2. The number of carbonyl (C=O) groups is 2. The third-order valence-corrected chi connectivity index (χ3v) is 3.65. The van der Waals surface area contributed by atoms with Crippen LogP contribution >= 0.6 is 15.9 Å². The van der Waals surface area contributed by atoms with Gasteiger partial charge in [-0.25, -0.2) is 4.79 Å². The van der Waals surface area contributed by atoms with Gasteiger partial charge in [0.1, 0.15) is 0 Å². The number of amides is 2. The van der Waals surface area contributed by atoms with E-state index in [1.54, 1.807) is 6.92 Å². The van der Waals surface area contributed by atoms with Crippen LogP contribution in [0.15, 0.2) is 28.7 Å². The van der Waals surface area contributed by atoms with Gasteiger partial charge in [0.25, 0.3) is 0 Å². The van der Waals surface area contributed by atoms with Crippen LogP contribution in [0.3, 0.4) is 0 Å². The molecule has 6 heteroatoms. The molecule has 1 aromatic carbocycles. The van der Waals surface area contributed by atoms with Crippen molar-refractivity contribution >= 4 is 27.9 Å². The molecule has 0 aliphatic rings. The van der Waals surface area contributed by atoms with Crippen molar-refractivity contribution in [2.24, 2.45) is 5.92 Å². The van der Waals surface area contributed by atoms with Gasteiger partial charge in [0.2, 0.25) is 5.91 Å². The van der Waals surface area contributed by atoms with E-state index in [2.05, 4.69) is 40.4 Å². The van der Waals surface area contributed by atoms with Crippen molar-refractivity contribution in [3.63, 3.8) is 0 Å². The van der Waals surface area contributed by atoms with Gasteiger partial charge >= 0.3 is 6.09 Å². The largest absolute Gasteiger partial charge is 0.450 e. The Morgan fingerprint density at radius 1 is 1.30 bits per heavy atom. The Kier molecular flexibility index (Phi) is 8.69. The molecular weight excluding hydrogens is 360 g/mol. The van der Waals surface area contributed by atoms with E-state index in [1.807, 2.05) is 24.3 Å². The molecule has 1 aromatic rings. The van der Waals surface area contributed by atoms with Gasteiger partial charge in [0.15, 0.2) is 0 Å². The van der Waals surface area contributed by atoms with E-state index in [1.165, 1.54) is 0 Å². The van der Waals surface area contributed by atoms with E-state index < -0.39 is 6.09 Å². The Hall–Kier alpha value is -1.56. The highest BCUT2D eigenvalue weighted by Crippen LogP contribution is 2.12. The second-order valence-electron chi connectivity index (χ2n) is 5.80. The molecule has 1 rings (SSSR count). The number of hydrogen-bond acceptors (Lipinski definition) is 3. The molecule has 1 unspecified atom stereocenters. The first-order valence-corrected chi connectivity index (χ1v) is 8.64. The summed E-state index contributed by atoms with van der Waals surface area (Å²) in [6.45, 7) is 6.63. The molecule has 0 radical (unpaired) electrons. The lowest BCUT2D eigenvalue weighted by Gasteiger charge is -2.20. The van der Waals surface area contributed by atoms with Gasteiger partial charge in [0.05, 0.1) is 13.0 Å². The Bertz CT molecular complexity index is 520. The number of hydrogen-bond donors (Lipinski definition) is 2. The van der Waals surface area contributed by atoms with E-state index in [0.29, 0.717) is 25.5 Å². The molecule has 2 amide bonds. The van der Waals surface area contributed by atoms with Crippen molar-refractivity contribution in [1.82, 2.24) is 10.6 Å². The molecule has 2 N–H and O–H groups in total. The number of benzene rings is 1. The lowest BCUT2D eigenvalue weighted by atomic mass is 10.0. The molecule has 0 fully saturated rings. The highest BCUT2D eigenvalue weighted by atomic mass is 79.9. The number of ether oxygens (including phenoxy) is 1. The van der Waals surface area contributed by atoms with Gasteiger partial charge in [-0.15, -0.1) is 0 Å². The molecule has 0 saturated carbocycles. The molecule has 0 aliphatic heterocycles. The average Bonchev–Trinajstić information content (AvgIpc) is 2.44. The summed E-state index contributed by atoms with van der Waals surface area (Å²) in [6.07, 6.45) is 0.642. The minimum atomic E-state index is -0.445. The molecular formula is C17H25BrN2O3. The van der Waals surface area contributed by atoms with Crippen molar-refractivity contribution in [2.45, 2.75) is 39.7 Å². The monoisotopic (exact) mass is 384 g/mol. The van der Waals surface area contributed by atoms with Crippen molar-refractivity contribution < 1.29 is 14.3 Å². The second kappa shape index (κ2) is 10.3. The minimum absolute atomic E-state index is 0.0671. The zero-order valence-corrected chi connectivity index (χ0v) is 15.5. The number of rotatable bonds is 8. The maximum Gasteiger partial charge on any atom is 0.407 e. The standard InChI is InChI=1S/C17H25BrN2O3/c1-4-23-17(22)20-15(8-12(2)3)11-19-16(21)10-13-6-5-7-14(18)9-13/h5-7,9,12,15H,4,8,10-11H2,1-3H3,(H,19,21)(H,20,22). The van der Waals surface area contributed by atoms with Crippen LogP contribution in [0.2, 0.25) is 0 Å².